The summed E-state index contributed by atoms with van der Waals surface area (Å²) in [6.07, 6.45) is 89.6. The minimum atomic E-state index is -3.04. The van der Waals surface area contributed by atoms with E-state index in [0.717, 1.165) is 6.04 Å². The summed E-state index contributed by atoms with van der Waals surface area (Å²) >= 11 is 0. The Hall–Kier alpha value is 0.0969. The first-order valence-electron chi connectivity index (χ1n) is 37.9. The van der Waals surface area contributed by atoms with Gasteiger partial charge in [-0.1, -0.05) is 420 Å². The van der Waals surface area contributed by atoms with Crippen LogP contribution >= 0.6 is 0 Å². The lowest BCUT2D eigenvalue weighted by Crippen LogP contribution is -2.54. The van der Waals surface area contributed by atoms with Crippen LogP contribution in [0.3, 0.4) is 0 Å². The normalized spacial score (nSPS) is 12.9. The second-order valence-corrected chi connectivity index (χ2v) is 29.3. The molecular weight excluding hydrogens is 977 g/mol. The van der Waals surface area contributed by atoms with Crippen LogP contribution in [0.5, 0.6) is 0 Å². The summed E-state index contributed by atoms with van der Waals surface area (Å²) < 4.78 is 23.2. The Morgan fingerprint density at radius 1 is 0.241 bits per heavy atom. The van der Waals surface area contributed by atoms with Crippen molar-refractivity contribution >= 4 is 8.80 Å². The second kappa shape index (κ2) is 65.6. The number of hydrogen-bond acceptors (Lipinski definition) is 3. The minimum absolute atomic E-state index is 0.125. The van der Waals surface area contributed by atoms with Crippen molar-refractivity contribution < 1.29 is 13.3 Å². The molecule has 0 rings (SSSR count). The van der Waals surface area contributed by atoms with Crippen molar-refractivity contribution in [2.75, 3.05) is 7.11 Å². The standard InChI is InChI=1S/C75H154O3Si/c1-8-14-20-26-32-38-44-50-56-62-68-74(69-63-57-51-45-39-33-27-21-15-9-2)77-79(76-7,73-67-61-55-49-43-37-31-25-19-13-6)78-75(70-64-58-52-46-40-34-28-22-16-10-3,71-65-59-53-47-41-35-29-23-17-11-4)72-66-60-54-48-42-36-30-24-18-12-5/h74H,8-73H2,1-7H3. The maximum Gasteiger partial charge on any atom is 0.501 e. The summed E-state index contributed by atoms with van der Waals surface area (Å²) in [6.45, 7) is 14.1. The van der Waals surface area contributed by atoms with Crippen LogP contribution in [0.25, 0.3) is 0 Å². The lowest BCUT2D eigenvalue weighted by atomic mass is 9.85. The Morgan fingerprint density at radius 2 is 0.430 bits per heavy atom. The molecule has 0 bridgehead atoms. The zero-order chi connectivity index (χ0) is 57.4. The molecule has 476 valence electrons. The van der Waals surface area contributed by atoms with Crippen LogP contribution in [-0.2, 0) is 13.3 Å². The Kier molecular flexibility index (Phi) is 65.7. The van der Waals surface area contributed by atoms with E-state index in [0.29, 0.717) is 0 Å². The number of unbranched alkanes of at least 4 members (excludes halogenated alkanes) is 54. The lowest BCUT2D eigenvalue weighted by molar-refractivity contribution is -0.0600. The Bertz CT molecular complexity index is 1010. The smallest absolute Gasteiger partial charge is 0.377 e. The quantitative estimate of drug-likeness (QED) is 0.0449. The van der Waals surface area contributed by atoms with Crippen LogP contribution in [0.1, 0.15) is 459 Å². The summed E-state index contributed by atoms with van der Waals surface area (Å²) in [6, 6.07) is 1.02. The van der Waals surface area contributed by atoms with Gasteiger partial charge in [0.15, 0.2) is 0 Å². The molecule has 0 N–H and O–H groups in total. The highest BCUT2D eigenvalue weighted by Crippen LogP contribution is 2.39. The van der Waals surface area contributed by atoms with Crippen molar-refractivity contribution in [3.63, 3.8) is 0 Å². The largest absolute Gasteiger partial charge is 0.501 e. The maximum atomic E-state index is 8.23. The fourth-order valence-corrected chi connectivity index (χ4v) is 16.1. The van der Waals surface area contributed by atoms with Gasteiger partial charge in [-0.05, 0) is 38.5 Å². The molecule has 0 aliphatic carbocycles. The van der Waals surface area contributed by atoms with E-state index in [1.165, 1.54) is 417 Å². The third-order valence-electron chi connectivity index (χ3n) is 18.6. The SMILES string of the molecule is CCCCCCCCCCCCC(CCCCCCCCCCCC)O[Si](CCCCCCCCCCCC)(OC)OC(CCCCCCCCCCCC)(CCCCCCCCCCCC)CCCCCCCCCCCC. The Balaban J connectivity index is 6.73. The molecular formula is C75H154O3Si. The molecule has 0 saturated heterocycles. The molecule has 1 unspecified atom stereocenters. The van der Waals surface area contributed by atoms with Crippen LogP contribution < -0.4 is 0 Å². The van der Waals surface area contributed by atoms with Crippen LogP contribution in [-0.4, -0.2) is 27.6 Å². The molecule has 0 amide bonds. The van der Waals surface area contributed by atoms with Crippen molar-refractivity contribution in [1.82, 2.24) is 0 Å². The number of hydrogen-bond donors (Lipinski definition) is 0. The molecule has 0 spiro atoms. The van der Waals surface area contributed by atoms with Crippen molar-refractivity contribution in [2.45, 2.75) is 477 Å². The van der Waals surface area contributed by atoms with E-state index in [-0.39, 0.29) is 11.7 Å². The molecule has 0 aromatic heterocycles. The third kappa shape index (κ3) is 55.7. The van der Waals surface area contributed by atoms with Crippen LogP contribution in [0.4, 0.5) is 0 Å². The molecule has 79 heavy (non-hydrogen) atoms. The van der Waals surface area contributed by atoms with Gasteiger partial charge in [-0.3, -0.25) is 0 Å². The van der Waals surface area contributed by atoms with Gasteiger partial charge in [-0.15, -0.1) is 0 Å². The van der Waals surface area contributed by atoms with E-state index in [4.69, 9.17) is 13.3 Å². The summed E-state index contributed by atoms with van der Waals surface area (Å²) in [5.41, 5.74) is -0.125. The molecule has 0 aliphatic rings. The molecule has 0 saturated carbocycles. The highest BCUT2D eigenvalue weighted by molar-refractivity contribution is 6.60. The molecule has 0 aromatic carbocycles. The van der Waals surface area contributed by atoms with Crippen LogP contribution in [0, 0.1) is 0 Å². The van der Waals surface area contributed by atoms with E-state index in [2.05, 4.69) is 41.5 Å². The van der Waals surface area contributed by atoms with Gasteiger partial charge in [0.1, 0.15) is 0 Å². The molecule has 0 fully saturated rings. The van der Waals surface area contributed by atoms with Crippen molar-refractivity contribution in [2.24, 2.45) is 0 Å². The third-order valence-corrected chi connectivity index (χ3v) is 21.6. The van der Waals surface area contributed by atoms with Crippen molar-refractivity contribution in [3.05, 3.63) is 0 Å². The van der Waals surface area contributed by atoms with E-state index >= 15 is 0 Å². The van der Waals surface area contributed by atoms with Gasteiger partial charge in [-0.2, -0.15) is 0 Å². The first kappa shape index (κ1) is 79.1. The highest BCUT2D eigenvalue weighted by atomic mass is 28.4. The Labute approximate surface area is 503 Å². The molecule has 0 radical (unpaired) electrons. The van der Waals surface area contributed by atoms with Crippen molar-refractivity contribution in [3.8, 4) is 0 Å². The van der Waals surface area contributed by atoms with E-state index in [1.54, 1.807) is 0 Å². The van der Waals surface area contributed by atoms with Gasteiger partial charge >= 0.3 is 8.80 Å². The van der Waals surface area contributed by atoms with Gasteiger partial charge in [0.2, 0.25) is 0 Å². The molecule has 4 heteroatoms. The molecule has 0 heterocycles. The average molecular weight is 1130 g/mol. The van der Waals surface area contributed by atoms with Gasteiger partial charge < -0.3 is 13.3 Å². The molecule has 0 aromatic rings. The zero-order valence-electron chi connectivity index (χ0n) is 56.5. The van der Waals surface area contributed by atoms with E-state index < -0.39 is 8.80 Å². The predicted octanol–water partition coefficient (Wildman–Crippen LogP) is 28.2. The molecule has 0 aliphatic heterocycles. The monoisotopic (exact) mass is 1130 g/mol. The van der Waals surface area contributed by atoms with Crippen LogP contribution in [0.15, 0.2) is 0 Å². The molecule has 3 nitrogen and oxygen atoms in total. The fraction of sp³-hybridized carbons (Fsp3) is 1.00. The van der Waals surface area contributed by atoms with Gasteiger partial charge in [0, 0.05) is 19.3 Å². The first-order chi connectivity index (χ1) is 39.0. The van der Waals surface area contributed by atoms with E-state index in [1.807, 2.05) is 7.11 Å². The molecule has 1 atom stereocenters. The average Bonchev–Trinajstić information content (AvgIpc) is 3.48. The zero-order valence-corrected chi connectivity index (χ0v) is 57.5. The number of rotatable bonds is 71. The summed E-state index contributed by atoms with van der Waals surface area (Å²) in [5, 5.41) is 0. The van der Waals surface area contributed by atoms with Gasteiger partial charge in [-0.25, -0.2) is 0 Å². The second-order valence-electron chi connectivity index (χ2n) is 26.6. The topological polar surface area (TPSA) is 27.7 Å². The minimum Gasteiger partial charge on any atom is -0.377 e. The summed E-state index contributed by atoms with van der Waals surface area (Å²) in [5.74, 6) is 0. The van der Waals surface area contributed by atoms with Gasteiger partial charge in [0.05, 0.1) is 5.60 Å². The summed E-state index contributed by atoms with van der Waals surface area (Å²) in [4.78, 5) is 0. The predicted molar refractivity (Wildman–Crippen MR) is 360 cm³/mol. The van der Waals surface area contributed by atoms with E-state index in [9.17, 15) is 0 Å². The van der Waals surface area contributed by atoms with Gasteiger partial charge in [0.25, 0.3) is 0 Å². The first-order valence-corrected chi connectivity index (χ1v) is 39.9. The fourth-order valence-electron chi connectivity index (χ4n) is 13.1. The Morgan fingerprint density at radius 3 is 0.646 bits per heavy atom. The maximum absolute atomic E-state index is 8.23. The summed E-state index contributed by atoms with van der Waals surface area (Å²) in [7, 11) is -0.996. The van der Waals surface area contributed by atoms with Crippen molar-refractivity contribution in [1.29, 1.82) is 0 Å². The van der Waals surface area contributed by atoms with Crippen LogP contribution in [0.2, 0.25) is 6.04 Å². The highest BCUT2D eigenvalue weighted by Gasteiger charge is 2.48. The lowest BCUT2D eigenvalue weighted by Gasteiger charge is -2.43.